The number of carbonyl (C=O) groups excluding carboxylic acids is 1. The van der Waals surface area contributed by atoms with Crippen LogP contribution in [0.15, 0.2) is 18.2 Å². The fourth-order valence-electron chi connectivity index (χ4n) is 1.97. The molecule has 1 aromatic carbocycles. The summed E-state index contributed by atoms with van der Waals surface area (Å²) in [5, 5.41) is 2.75. The number of nitrogens with zero attached hydrogens (tertiary/aromatic N) is 1. The van der Waals surface area contributed by atoms with E-state index in [1.165, 1.54) is 12.1 Å². The van der Waals surface area contributed by atoms with Crippen molar-refractivity contribution in [3.63, 3.8) is 0 Å². The number of benzene rings is 1. The van der Waals surface area contributed by atoms with E-state index in [1.807, 2.05) is 0 Å². The molecular weight excluding hydrogens is 249 g/mol. The lowest BCUT2D eigenvalue weighted by atomic mass is 10.1. The van der Waals surface area contributed by atoms with E-state index >= 15 is 0 Å². The van der Waals surface area contributed by atoms with Gasteiger partial charge in [-0.25, -0.2) is 4.39 Å². The van der Waals surface area contributed by atoms with Gasteiger partial charge in [0.2, 0.25) is 0 Å². The normalized spacial score (nSPS) is 16.3. The van der Waals surface area contributed by atoms with E-state index in [0.29, 0.717) is 6.54 Å². The maximum Gasteiger partial charge on any atom is 0.253 e. The number of morpholine rings is 1. The summed E-state index contributed by atoms with van der Waals surface area (Å²) in [6.45, 7) is 4.46. The van der Waals surface area contributed by atoms with Gasteiger partial charge in [-0.1, -0.05) is 0 Å². The zero-order chi connectivity index (χ0) is 13.7. The predicted molar refractivity (Wildman–Crippen MR) is 70.4 cm³/mol. The molecule has 2 rings (SSSR count). The molecule has 0 aliphatic carbocycles. The van der Waals surface area contributed by atoms with Gasteiger partial charge in [0.1, 0.15) is 5.82 Å². The van der Waals surface area contributed by atoms with Crippen molar-refractivity contribution < 1.29 is 13.9 Å². The van der Waals surface area contributed by atoms with Gasteiger partial charge in [-0.15, -0.1) is 0 Å². The first-order valence-electron chi connectivity index (χ1n) is 6.30. The Morgan fingerprint density at radius 1 is 1.42 bits per heavy atom. The van der Waals surface area contributed by atoms with E-state index in [2.05, 4.69) is 10.2 Å². The van der Waals surface area contributed by atoms with Crippen molar-refractivity contribution >= 4 is 11.6 Å². The molecular formula is C13H18FN3O2. The molecule has 0 aromatic heterocycles. The third kappa shape index (κ3) is 3.90. The summed E-state index contributed by atoms with van der Waals surface area (Å²) >= 11 is 0. The Morgan fingerprint density at radius 2 is 2.16 bits per heavy atom. The minimum Gasteiger partial charge on any atom is -0.398 e. The predicted octanol–water partition coefficient (Wildman–Crippen LogP) is 0.470. The quantitative estimate of drug-likeness (QED) is 0.778. The van der Waals surface area contributed by atoms with Gasteiger partial charge in [-0.2, -0.15) is 0 Å². The average Bonchev–Trinajstić information content (AvgIpc) is 2.42. The number of carbonyl (C=O) groups is 1. The van der Waals surface area contributed by atoms with Crippen LogP contribution in [-0.2, 0) is 4.74 Å². The molecule has 0 atom stereocenters. The van der Waals surface area contributed by atoms with Crippen molar-refractivity contribution in [2.75, 3.05) is 45.1 Å². The monoisotopic (exact) mass is 267 g/mol. The van der Waals surface area contributed by atoms with E-state index in [-0.39, 0.29) is 17.2 Å². The number of hydrogen-bond donors (Lipinski definition) is 2. The van der Waals surface area contributed by atoms with Crippen molar-refractivity contribution in [3.05, 3.63) is 29.6 Å². The van der Waals surface area contributed by atoms with E-state index in [9.17, 15) is 9.18 Å². The highest BCUT2D eigenvalue weighted by molar-refractivity contribution is 5.99. The van der Waals surface area contributed by atoms with Gasteiger partial charge in [-0.05, 0) is 18.2 Å². The largest absolute Gasteiger partial charge is 0.398 e. The number of nitrogens with two attached hydrogens (primary N) is 1. The van der Waals surface area contributed by atoms with Crippen molar-refractivity contribution in [3.8, 4) is 0 Å². The van der Waals surface area contributed by atoms with Crippen LogP contribution >= 0.6 is 0 Å². The molecule has 1 amide bonds. The van der Waals surface area contributed by atoms with Crippen LogP contribution in [0.2, 0.25) is 0 Å². The molecule has 5 nitrogen and oxygen atoms in total. The SMILES string of the molecule is Nc1ccc(F)cc1C(=O)NCCN1CCOCC1. The van der Waals surface area contributed by atoms with Crippen molar-refractivity contribution in [2.24, 2.45) is 0 Å². The first-order valence-corrected chi connectivity index (χ1v) is 6.30. The second-order valence-corrected chi connectivity index (χ2v) is 4.44. The maximum atomic E-state index is 13.1. The number of hydrogen-bond acceptors (Lipinski definition) is 4. The molecule has 1 heterocycles. The van der Waals surface area contributed by atoms with E-state index in [0.717, 1.165) is 38.9 Å². The van der Waals surface area contributed by atoms with Crippen molar-refractivity contribution in [1.82, 2.24) is 10.2 Å². The Labute approximate surface area is 111 Å². The number of rotatable bonds is 4. The number of ether oxygens (including phenoxy) is 1. The summed E-state index contributed by atoms with van der Waals surface area (Å²) in [5.74, 6) is -0.808. The lowest BCUT2D eigenvalue weighted by molar-refractivity contribution is 0.0383. The van der Waals surface area contributed by atoms with Crippen LogP contribution < -0.4 is 11.1 Å². The number of anilines is 1. The minimum absolute atomic E-state index is 0.182. The number of halogens is 1. The second kappa shape index (κ2) is 6.49. The highest BCUT2D eigenvalue weighted by atomic mass is 19.1. The molecule has 0 unspecified atom stereocenters. The second-order valence-electron chi connectivity index (χ2n) is 4.44. The zero-order valence-electron chi connectivity index (χ0n) is 10.7. The van der Waals surface area contributed by atoms with Crippen LogP contribution in [0.5, 0.6) is 0 Å². The first kappa shape index (κ1) is 13.8. The topological polar surface area (TPSA) is 67.6 Å². The lowest BCUT2D eigenvalue weighted by Gasteiger charge is -2.26. The summed E-state index contributed by atoms with van der Waals surface area (Å²) in [4.78, 5) is 14.1. The van der Waals surface area contributed by atoms with Crippen LogP contribution in [0.1, 0.15) is 10.4 Å². The smallest absolute Gasteiger partial charge is 0.253 e. The Balaban J connectivity index is 1.82. The summed E-state index contributed by atoms with van der Waals surface area (Å²) in [7, 11) is 0. The molecule has 104 valence electrons. The molecule has 0 spiro atoms. The van der Waals surface area contributed by atoms with Gasteiger partial charge in [-0.3, -0.25) is 9.69 Å². The Hall–Kier alpha value is -1.66. The fourth-order valence-corrected chi connectivity index (χ4v) is 1.97. The van der Waals surface area contributed by atoms with Gasteiger partial charge >= 0.3 is 0 Å². The number of nitrogens with one attached hydrogen (secondary N) is 1. The van der Waals surface area contributed by atoms with Gasteiger partial charge < -0.3 is 15.8 Å². The van der Waals surface area contributed by atoms with Gasteiger partial charge in [0.05, 0.1) is 18.8 Å². The van der Waals surface area contributed by atoms with Crippen LogP contribution in [0.3, 0.4) is 0 Å². The average molecular weight is 267 g/mol. The van der Waals surface area contributed by atoms with Crippen LogP contribution in [0.4, 0.5) is 10.1 Å². The van der Waals surface area contributed by atoms with Crippen molar-refractivity contribution in [1.29, 1.82) is 0 Å². The molecule has 1 saturated heterocycles. The summed E-state index contributed by atoms with van der Waals surface area (Å²) in [5.41, 5.74) is 6.12. The zero-order valence-corrected chi connectivity index (χ0v) is 10.7. The minimum atomic E-state index is -0.465. The molecule has 0 saturated carbocycles. The summed E-state index contributed by atoms with van der Waals surface area (Å²) in [6, 6.07) is 3.78. The standard InChI is InChI=1S/C13H18FN3O2/c14-10-1-2-12(15)11(9-10)13(18)16-3-4-17-5-7-19-8-6-17/h1-2,9H,3-8,15H2,(H,16,18). The molecule has 1 aliphatic heterocycles. The molecule has 0 bridgehead atoms. The third-order valence-electron chi connectivity index (χ3n) is 3.08. The van der Waals surface area contributed by atoms with E-state index in [1.54, 1.807) is 0 Å². The highest BCUT2D eigenvalue weighted by Crippen LogP contribution is 2.12. The van der Waals surface area contributed by atoms with Crippen LogP contribution in [0, 0.1) is 5.82 Å². The van der Waals surface area contributed by atoms with E-state index < -0.39 is 5.82 Å². The molecule has 3 N–H and O–H groups in total. The fraction of sp³-hybridized carbons (Fsp3) is 0.462. The van der Waals surface area contributed by atoms with Crippen LogP contribution in [-0.4, -0.2) is 50.2 Å². The Kier molecular flexibility index (Phi) is 4.70. The number of nitrogen functional groups attached to an aromatic ring is 1. The van der Waals surface area contributed by atoms with Crippen molar-refractivity contribution in [2.45, 2.75) is 0 Å². The molecule has 6 heteroatoms. The molecule has 0 radical (unpaired) electrons. The Bertz CT molecular complexity index is 448. The molecule has 19 heavy (non-hydrogen) atoms. The molecule has 1 aromatic rings. The third-order valence-corrected chi connectivity index (χ3v) is 3.08. The van der Waals surface area contributed by atoms with Crippen LogP contribution in [0.25, 0.3) is 0 Å². The lowest BCUT2D eigenvalue weighted by Crippen LogP contribution is -2.41. The van der Waals surface area contributed by atoms with Gasteiger partial charge in [0.25, 0.3) is 5.91 Å². The van der Waals surface area contributed by atoms with Gasteiger partial charge in [0, 0.05) is 31.9 Å². The molecule has 1 fully saturated rings. The summed E-state index contributed by atoms with van der Waals surface area (Å²) < 4.78 is 18.3. The number of amides is 1. The Morgan fingerprint density at radius 3 is 2.89 bits per heavy atom. The highest BCUT2D eigenvalue weighted by Gasteiger charge is 2.12. The van der Waals surface area contributed by atoms with E-state index in [4.69, 9.17) is 10.5 Å². The van der Waals surface area contributed by atoms with Gasteiger partial charge in [0.15, 0.2) is 0 Å². The maximum absolute atomic E-state index is 13.1. The summed E-state index contributed by atoms with van der Waals surface area (Å²) in [6.07, 6.45) is 0. The first-order chi connectivity index (χ1) is 9.16. The molecule has 1 aliphatic rings.